The van der Waals surface area contributed by atoms with Gasteiger partial charge < -0.3 is 20.6 Å². The molecule has 0 atom stereocenters. The van der Waals surface area contributed by atoms with E-state index in [-0.39, 0.29) is 35.2 Å². The summed E-state index contributed by atoms with van der Waals surface area (Å²) in [5, 5.41) is 25.8. The van der Waals surface area contributed by atoms with Crippen molar-refractivity contribution in [3.05, 3.63) is 58.1 Å². The number of ether oxygens (including phenoxy) is 2. The highest BCUT2D eigenvalue weighted by molar-refractivity contribution is 7.99. The summed E-state index contributed by atoms with van der Waals surface area (Å²) in [6, 6.07) is 11.1. The zero-order valence-electron chi connectivity index (χ0n) is 17.2. The van der Waals surface area contributed by atoms with Crippen LogP contribution in [0.15, 0.2) is 52.7 Å². The zero-order valence-corrected chi connectivity index (χ0v) is 18.0. The van der Waals surface area contributed by atoms with E-state index in [4.69, 9.17) is 15.3 Å². The number of aromatic nitrogens is 3. The number of rotatable bonds is 8. The predicted molar refractivity (Wildman–Crippen MR) is 121 cm³/mol. The molecule has 0 unspecified atom stereocenters. The maximum Gasteiger partial charge on any atom is 0.271 e. The van der Waals surface area contributed by atoms with Crippen molar-refractivity contribution in [2.24, 2.45) is 5.10 Å². The third-order valence-electron chi connectivity index (χ3n) is 4.45. The standard InChI is InChI=1S/C19H18N8O5S/c1-11(12-5-6-15-16(7-12)32-10-31-15)22-23-18-24-25-19(26(18)20)33-9-17(28)21-13-3-2-4-14(8-13)27(29)30/h2-8H,9-10,20H2,1H3,(H,21,28)(H,23,24)/b22-11+. The molecule has 0 radical (unpaired) electrons. The third kappa shape index (κ3) is 5.12. The van der Waals surface area contributed by atoms with Gasteiger partial charge in [-0.1, -0.05) is 17.8 Å². The monoisotopic (exact) mass is 470 g/mol. The molecule has 4 rings (SSSR count). The number of thioether (sulfide) groups is 1. The van der Waals surface area contributed by atoms with Gasteiger partial charge in [0.25, 0.3) is 11.6 Å². The van der Waals surface area contributed by atoms with Gasteiger partial charge >= 0.3 is 0 Å². The van der Waals surface area contributed by atoms with Gasteiger partial charge in [-0.05, 0) is 31.2 Å². The molecule has 0 fully saturated rings. The van der Waals surface area contributed by atoms with Crippen LogP contribution in [0.25, 0.3) is 0 Å². The average Bonchev–Trinajstić information content (AvgIpc) is 3.42. The lowest BCUT2D eigenvalue weighted by Crippen LogP contribution is -2.17. The van der Waals surface area contributed by atoms with Crippen molar-refractivity contribution in [1.82, 2.24) is 14.9 Å². The summed E-state index contributed by atoms with van der Waals surface area (Å²) in [5.41, 5.74) is 4.43. The molecule has 0 spiro atoms. The molecule has 3 aromatic rings. The summed E-state index contributed by atoms with van der Waals surface area (Å²) in [4.78, 5) is 22.5. The molecule has 2 aromatic carbocycles. The second-order valence-corrected chi connectivity index (χ2v) is 7.64. The van der Waals surface area contributed by atoms with Crippen LogP contribution in [-0.2, 0) is 4.79 Å². The van der Waals surface area contributed by atoms with Gasteiger partial charge in [-0.15, -0.1) is 10.2 Å². The maximum absolute atomic E-state index is 12.2. The first-order valence-corrected chi connectivity index (χ1v) is 10.5. The van der Waals surface area contributed by atoms with Crippen LogP contribution in [0.3, 0.4) is 0 Å². The van der Waals surface area contributed by atoms with Gasteiger partial charge in [0.05, 0.1) is 16.4 Å². The molecule has 1 aliphatic rings. The number of non-ortho nitro benzene ring substituents is 1. The van der Waals surface area contributed by atoms with Gasteiger partial charge in [0, 0.05) is 23.4 Å². The molecule has 1 aromatic heterocycles. The van der Waals surface area contributed by atoms with E-state index in [0.29, 0.717) is 22.9 Å². The molecule has 2 heterocycles. The predicted octanol–water partition coefficient (Wildman–Crippen LogP) is 2.20. The Bertz CT molecular complexity index is 1240. The zero-order chi connectivity index (χ0) is 23.4. The Morgan fingerprint density at radius 2 is 2.09 bits per heavy atom. The van der Waals surface area contributed by atoms with Crippen molar-refractivity contribution >= 4 is 40.7 Å². The summed E-state index contributed by atoms with van der Waals surface area (Å²) in [6.45, 7) is 1.99. The maximum atomic E-state index is 12.2. The molecular weight excluding hydrogens is 452 g/mol. The van der Waals surface area contributed by atoms with E-state index in [1.807, 2.05) is 12.1 Å². The molecule has 14 heteroatoms. The number of nitrogens with two attached hydrogens (primary N) is 1. The number of carbonyl (C=O) groups excluding carboxylic acids is 1. The highest BCUT2D eigenvalue weighted by atomic mass is 32.2. The molecular formula is C19H18N8O5S. The number of hydrogen-bond donors (Lipinski definition) is 3. The van der Waals surface area contributed by atoms with Crippen LogP contribution in [0, 0.1) is 10.1 Å². The number of nitro groups is 1. The Kier molecular flexibility index (Phi) is 6.26. The van der Waals surface area contributed by atoms with Crippen LogP contribution >= 0.6 is 11.8 Å². The Morgan fingerprint density at radius 3 is 2.91 bits per heavy atom. The molecule has 0 bridgehead atoms. The largest absolute Gasteiger partial charge is 0.454 e. The fourth-order valence-electron chi connectivity index (χ4n) is 2.80. The van der Waals surface area contributed by atoms with Gasteiger partial charge in [0.2, 0.25) is 17.9 Å². The van der Waals surface area contributed by atoms with Crippen LogP contribution in [0.2, 0.25) is 0 Å². The lowest BCUT2D eigenvalue weighted by molar-refractivity contribution is -0.384. The van der Waals surface area contributed by atoms with E-state index in [2.05, 4.69) is 26.0 Å². The molecule has 0 aliphatic carbocycles. The number of nitrogen functional groups attached to an aromatic ring is 1. The van der Waals surface area contributed by atoms with Crippen molar-refractivity contribution in [3.8, 4) is 11.5 Å². The summed E-state index contributed by atoms with van der Waals surface area (Å²) in [5.74, 6) is 7.08. The molecule has 0 saturated heterocycles. The normalized spacial score (nSPS) is 12.5. The Labute approximate surface area is 191 Å². The number of carbonyl (C=O) groups is 1. The van der Waals surface area contributed by atoms with Crippen LogP contribution < -0.4 is 26.1 Å². The van der Waals surface area contributed by atoms with Crippen LogP contribution in [0.4, 0.5) is 17.3 Å². The number of hydrazone groups is 1. The van der Waals surface area contributed by atoms with Gasteiger partial charge in [0.15, 0.2) is 11.5 Å². The minimum atomic E-state index is -0.535. The molecule has 1 amide bonds. The number of hydrogen-bond acceptors (Lipinski definition) is 11. The Balaban J connectivity index is 1.34. The summed E-state index contributed by atoms with van der Waals surface area (Å²) in [6.07, 6.45) is 0. The number of nitrogens with zero attached hydrogens (tertiary/aromatic N) is 5. The molecule has 0 saturated carbocycles. The van der Waals surface area contributed by atoms with Crippen LogP contribution in [-0.4, -0.2) is 44.0 Å². The molecule has 13 nitrogen and oxygen atoms in total. The first-order valence-electron chi connectivity index (χ1n) is 9.48. The second kappa shape index (κ2) is 9.44. The quantitative estimate of drug-likeness (QED) is 0.146. The van der Waals surface area contributed by atoms with E-state index in [1.165, 1.54) is 22.9 Å². The number of fused-ring (bicyclic) bond motifs is 1. The molecule has 170 valence electrons. The second-order valence-electron chi connectivity index (χ2n) is 6.70. The summed E-state index contributed by atoms with van der Waals surface area (Å²) >= 11 is 1.05. The fraction of sp³-hybridized carbons (Fsp3) is 0.158. The minimum Gasteiger partial charge on any atom is -0.454 e. The lowest BCUT2D eigenvalue weighted by Gasteiger charge is -2.06. The van der Waals surface area contributed by atoms with E-state index < -0.39 is 4.92 Å². The third-order valence-corrected chi connectivity index (χ3v) is 5.39. The SMILES string of the molecule is C/C(=N\Nc1nnc(SCC(=O)Nc2cccc([N+](=O)[O-])c2)n1N)c1ccc2c(c1)OCO2. The highest BCUT2D eigenvalue weighted by Crippen LogP contribution is 2.32. The number of amides is 1. The van der Waals surface area contributed by atoms with E-state index in [1.54, 1.807) is 19.1 Å². The molecule has 33 heavy (non-hydrogen) atoms. The molecule has 1 aliphatic heterocycles. The lowest BCUT2D eigenvalue weighted by atomic mass is 10.1. The van der Waals surface area contributed by atoms with Crippen LogP contribution in [0.5, 0.6) is 11.5 Å². The first kappa shape index (κ1) is 21.9. The van der Waals surface area contributed by atoms with Crippen molar-refractivity contribution in [3.63, 3.8) is 0 Å². The Hall–Kier alpha value is -4.33. The van der Waals surface area contributed by atoms with Crippen molar-refractivity contribution in [2.45, 2.75) is 12.1 Å². The van der Waals surface area contributed by atoms with Gasteiger partial charge in [-0.2, -0.15) is 5.10 Å². The Morgan fingerprint density at radius 1 is 1.27 bits per heavy atom. The van der Waals surface area contributed by atoms with Gasteiger partial charge in [-0.3, -0.25) is 14.9 Å². The van der Waals surface area contributed by atoms with E-state index in [9.17, 15) is 14.9 Å². The van der Waals surface area contributed by atoms with Crippen LogP contribution in [0.1, 0.15) is 12.5 Å². The number of benzene rings is 2. The fourth-order valence-corrected chi connectivity index (χ4v) is 3.45. The van der Waals surface area contributed by atoms with E-state index >= 15 is 0 Å². The number of anilines is 2. The number of nitrogens with one attached hydrogen (secondary N) is 2. The summed E-state index contributed by atoms with van der Waals surface area (Å²) < 4.78 is 11.8. The minimum absolute atomic E-state index is 0.0302. The first-order chi connectivity index (χ1) is 15.9. The van der Waals surface area contributed by atoms with Gasteiger partial charge in [-0.25, -0.2) is 10.1 Å². The van der Waals surface area contributed by atoms with Crippen molar-refractivity contribution in [1.29, 1.82) is 0 Å². The van der Waals surface area contributed by atoms with Crippen molar-refractivity contribution < 1.29 is 19.2 Å². The topological polar surface area (TPSA) is 172 Å². The van der Waals surface area contributed by atoms with E-state index in [0.717, 1.165) is 17.3 Å². The van der Waals surface area contributed by atoms with Crippen molar-refractivity contribution in [2.75, 3.05) is 29.1 Å². The van der Waals surface area contributed by atoms with Gasteiger partial charge in [0.1, 0.15) is 0 Å². The molecule has 4 N–H and O–H groups in total. The number of nitro benzene ring substituents is 1. The smallest absolute Gasteiger partial charge is 0.271 e. The highest BCUT2D eigenvalue weighted by Gasteiger charge is 2.15. The summed E-state index contributed by atoms with van der Waals surface area (Å²) in [7, 11) is 0. The average molecular weight is 470 g/mol.